The third-order valence-corrected chi connectivity index (χ3v) is 9.25. The number of fused-ring (bicyclic) bond motifs is 4. The predicted molar refractivity (Wildman–Crippen MR) is 202 cm³/mol. The van der Waals surface area contributed by atoms with Gasteiger partial charge in [-0.3, -0.25) is 0 Å². The second-order valence-corrected chi connectivity index (χ2v) is 12.2. The number of rotatable bonds is 6. The van der Waals surface area contributed by atoms with Crippen LogP contribution in [0.15, 0.2) is 192 Å². The van der Waals surface area contributed by atoms with Crippen LogP contribution < -0.4 is 4.90 Å². The van der Waals surface area contributed by atoms with Crippen LogP contribution in [0.3, 0.4) is 0 Å². The summed E-state index contributed by atoms with van der Waals surface area (Å²) in [5.74, 6) is 0. The summed E-state index contributed by atoms with van der Waals surface area (Å²) in [4.78, 5) is 2.38. The molecule has 0 saturated heterocycles. The van der Waals surface area contributed by atoms with E-state index in [-0.39, 0.29) is 0 Å². The van der Waals surface area contributed by atoms with E-state index in [1.807, 2.05) is 12.1 Å². The van der Waals surface area contributed by atoms with Crippen molar-refractivity contribution in [3.8, 4) is 33.4 Å². The van der Waals surface area contributed by atoms with Gasteiger partial charge in [0, 0.05) is 27.5 Å². The average Bonchev–Trinajstić information content (AvgIpc) is 3.54. The maximum absolute atomic E-state index is 6.12. The standard InChI is InChI=1S/C46H31NO/c1-2-11-32(12-3-1)35-15-8-16-36(29-35)33-23-26-39(27-24-33)47(44-21-10-14-34-13-4-5-19-41(34)44)40-18-9-17-37(30-40)38-25-28-46-43(31-38)42-20-6-7-22-45(42)48-46/h1-31H. The largest absolute Gasteiger partial charge is 0.456 e. The molecule has 8 aromatic carbocycles. The number of benzene rings is 8. The predicted octanol–water partition coefficient (Wildman–Crippen LogP) is 13.2. The Hall–Kier alpha value is -6.38. The normalized spacial score (nSPS) is 11.3. The summed E-state index contributed by atoms with van der Waals surface area (Å²) in [7, 11) is 0. The van der Waals surface area contributed by atoms with Gasteiger partial charge >= 0.3 is 0 Å². The molecule has 0 spiro atoms. The van der Waals surface area contributed by atoms with Gasteiger partial charge in [0.15, 0.2) is 0 Å². The van der Waals surface area contributed by atoms with Gasteiger partial charge in [-0.15, -0.1) is 0 Å². The fourth-order valence-corrected chi connectivity index (χ4v) is 6.87. The van der Waals surface area contributed by atoms with E-state index in [0.717, 1.165) is 50.1 Å². The molecule has 0 fully saturated rings. The van der Waals surface area contributed by atoms with E-state index in [4.69, 9.17) is 4.42 Å². The zero-order valence-electron chi connectivity index (χ0n) is 26.3. The molecule has 0 bridgehead atoms. The highest BCUT2D eigenvalue weighted by atomic mass is 16.3. The Bertz CT molecular complexity index is 2560. The second-order valence-electron chi connectivity index (χ2n) is 12.2. The van der Waals surface area contributed by atoms with Crippen LogP contribution in [0.25, 0.3) is 66.1 Å². The Morgan fingerprint density at radius 3 is 1.71 bits per heavy atom. The van der Waals surface area contributed by atoms with Crippen LogP contribution in [0.2, 0.25) is 0 Å². The lowest BCUT2D eigenvalue weighted by Crippen LogP contribution is -2.10. The van der Waals surface area contributed by atoms with E-state index >= 15 is 0 Å². The molecule has 226 valence electrons. The molecule has 0 aliphatic rings. The van der Waals surface area contributed by atoms with E-state index < -0.39 is 0 Å². The lowest BCUT2D eigenvalue weighted by Gasteiger charge is -2.27. The third kappa shape index (κ3) is 5.01. The maximum atomic E-state index is 6.12. The Morgan fingerprint density at radius 2 is 0.875 bits per heavy atom. The van der Waals surface area contributed by atoms with Gasteiger partial charge < -0.3 is 9.32 Å². The minimum atomic E-state index is 0.905. The fraction of sp³-hybridized carbons (Fsp3) is 0. The fourth-order valence-electron chi connectivity index (χ4n) is 6.87. The van der Waals surface area contributed by atoms with Crippen LogP contribution in [0.5, 0.6) is 0 Å². The Labute approximate surface area is 279 Å². The molecule has 0 aliphatic heterocycles. The number of furan rings is 1. The van der Waals surface area contributed by atoms with Gasteiger partial charge in [0.2, 0.25) is 0 Å². The quantitative estimate of drug-likeness (QED) is 0.185. The highest BCUT2D eigenvalue weighted by molar-refractivity contribution is 6.06. The highest BCUT2D eigenvalue weighted by Gasteiger charge is 2.17. The van der Waals surface area contributed by atoms with E-state index in [9.17, 15) is 0 Å². The summed E-state index contributed by atoms with van der Waals surface area (Å²) < 4.78 is 6.12. The second kappa shape index (κ2) is 11.8. The molecule has 2 nitrogen and oxygen atoms in total. The van der Waals surface area contributed by atoms with Gasteiger partial charge in [-0.25, -0.2) is 0 Å². The van der Waals surface area contributed by atoms with Crippen molar-refractivity contribution >= 4 is 49.8 Å². The lowest BCUT2D eigenvalue weighted by molar-refractivity contribution is 0.669. The molecule has 0 unspecified atom stereocenters. The van der Waals surface area contributed by atoms with Gasteiger partial charge in [-0.1, -0.05) is 133 Å². The summed E-state index contributed by atoms with van der Waals surface area (Å²) in [6, 6.07) is 67.0. The minimum absolute atomic E-state index is 0.905. The van der Waals surface area contributed by atoms with Crippen LogP contribution in [0.4, 0.5) is 17.1 Å². The van der Waals surface area contributed by atoms with Crippen LogP contribution >= 0.6 is 0 Å². The third-order valence-electron chi connectivity index (χ3n) is 9.25. The van der Waals surface area contributed by atoms with Crippen molar-refractivity contribution in [3.63, 3.8) is 0 Å². The number of anilines is 3. The number of hydrogen-bond donors (Lipinski definition) is 0. The Morgan fingerprint density at radius 1 is 0.312 bits per heavy atom. The summed E-state index contributed by atoms with van der Waals surface area (Å²) in [5.41, 5.74) is 12.3. The number of para-hydroxylation sites is 1. The topological polar surface area (TPSA) is 16.4 Å². The summed E-state index contributed by atoms with van der Waals surface area (Å²) in [6.45, 7) is 0. The molecule has 0 amide bonds. The first-order valence-corrected chi connectivity index (χ1v) is 16.3. The van der Waals surface area contributed by atoms with E-state index in [2.05, 4.69) is 181 Å². The Kier molecular flexibility index (Phi) is 6.84. The zero-order valence-corrected chi connectivity index (χ0v) is 26.3. The van der Waals surface area contributed by atoms with Crippen molar-refractivity contribution in [3.05, 3.63) is 188 Å². The lowest BCUT2D eigenvalue weighted by atomic mass is 9.98. The minimum Gasteiger partial charge on any atom is -0.456 e. The van der Waals surface area contributed by atoms with Crippen molar-refractivity contribution < 1.29 is 4.42 Å². The van der Waals surface area contributed by atoms with Crippen molar-refractivity contribution in [1.29, 1.82) is 0 Å². The SMILES string of the molecule is c1ccc(-c2cccc(-c3ccc(N(c4cccc(-c5ccc6oc7ccccc7c6c5)c4)c4cccc5ccccc45)cc3)c2)cc1. The molecule has 0 aliphatic carbocycles. The van der Waals surface area contributed by atoms with Gasteiger partial charge in [0.25, 0.3) is 0 Å². The first-order valence-electron chi connectivity index (χ1n) is 16.3. The smallest absolute Gasteiger partial charge is 0.135 e. The molecule has 9 aromatic rings. The van der Waals surface area contributed by atoms with E-state index in [1.54, 1.807) is 0 Å². The highest BCUT2D eigenvalue weighted by Crippen LogP contribution is 2.41. The van der Waals surface area contributed by atoms with E-state index in [1.165, 1.54) is 33.0 Å². The van der Waals surface area contributed by atoms with Crippen molar-refractivity contribution in [2.75, 3.05) is 4.90 Å². The number of nitrogens with zero attached hydrogens (tertiary/aromatic N) is 1. The van der Waals surface area contributed by atoms with Crippen LogP contribution in [0.1, 0.15) is 0 Å². The molecular formula is C46H31NO. The molecule has 9 rings (SSSR count). The molecule has 48 heavy (non-hydrogen) atoms. The molecule has 1 heterocycles. The molecule has 0 N–H and O–H groups in total. The summed E-state index contributed by atoms with van der Waals surface area (Å²) in [6.07, 6.45) is 0. The monoisotopic (exact) mass is 613 g/mol. The van der Waals surface area contributed by atoms with E-state index in [0.29, 0.717) is 0 Å². The molecule has 0 atom stereocenters. The first-order chi connectivity index (χ1) is 23.8. The van der Waals surface area contributed by atoms with Crippen LogP contribution in [-0.4, -0.2) is 0 Å². The average molecular weight is 614 g/mol. The van der Waals surface area contributed by atoms with Gasteiger partial charge in [-0.05, 0) is 93.4 Å². The summed E-state index contributed by atoms with van der Waals surface area (Å²) >= 11 is 0. The maximum Gasteiger partial charge on any atom is 0.135 e. The van der Waals surface area contributed by atoms with Crippen molar-refractivity contribution in [2.24, 2.45) is 0 Å². The Balaban J connectivity index is 1.15. The molecule has 0 radical (unpaired) electrons. The molecular weight excluding hydrogens is 583 g/mol. The van der Waals surface area contributed by atoms with Crippen molar-refractivity contribution in [2.45, 2.75) is 0 Å². The zero-order chi connectivity index (χ0) is 31.9. The first kappa shape index (κ1) is 27.9. The summed E-state index contributed by atoms with van der Waals surface area (Å²) in [5, 5.41) is 4.68. The number of hydrogen-bond acceptors (Lipinski definition) is 2. The van der Waals surface area contributed by atoms with Crippen molar-refractivity contribution in [1.82, 2.24) is 0 Å². The molecule has 0 saturated carbocycles. The van der Waals surface area contributed by atoms with Crippen LogP contribution in [-0.2, 0) is 0 Å². The van der Waals surface area contributed by atoms with Crippen LogP contribution in [0, 0.1) is 0 Å². The van der Waals surface area contributed by atoms with Gasteiger partial charge in [-0.2, -0.15) is 0 Å². The molecule has 1 aromatic heterocycles. The molecule has 2 heteroatoms. The van der Waals surface area contributed by atoms with Gasteiger partial charge in [0.1, 0.15) is 11.2 Å². The van der Waals surface area contributed by atoms with Gasteiger partial charge in [0.05, 0.1) is 5.69 Å².